The summed E-state index contributed by atoms with van der Waals surface area (Å²) in [6.07, 6.45) is 4.73. The molecule has 0 saturated carbocycles. The fourth-order valence-electron chi connectivity index (χ4n) is 1.64. The van der Waals surface area contributed by atoms with Crippen molar-refractivity contribution in [2.75, 3.05) is 13.1 Å². The number of aliphatic imine (C=N–C) groups is 1. The van der Waals surface area contributed by atoms with Crippen LogP contribution < -0.4 is 5.73 Å². The van der Waals surface area contributed by atoms with Gasteiger partial charge in [-0.25, -0.2) is 4.99 Å². The molecule has 0 bridgehead atoms. The monoisotopic (exact) mass is 359 g/mol. The SMILES string of the molecule is Br.NC1=NC=CCN1CCc1ccccc1Br. The molecule has 0 radical (unpaired) electrons. The van der Waals surface area contributed by atoms with Crippen LogP contribution in [0.4, 0.5) is 0 Å². The first-order chi connectivity index (χ1) is 7.77. The van der Waals surface area contributed by atoms with Crippen molar-refractivity contribution in [2.24, 2.45) is 10.7 Å². The van der Waals surface area contributed by atoms with Crippen LogP contribution in [-0.2, 0) is 6.42 Å². The molecule has 1 heterocycles. The quantitative estimate of drug-likeness (QED) is 0.900. The summed E-state index contributed by atoms with van der Waals surface area (Å²) in [5.41, 5.74) is 7.09. The second kappa shape index (κ2) is 6.81. The van der Waals surface area contributed by atoms with Gasteiger partial charge in [-0.2, -0.15) is 0 Å². The number of hydrogen-bond acceptors (Lipinski definition) is 3. The zero-order valence-electron chi connectivity index (χ0n) is 9.34. The van der Waals surface area contributed by atoms with Crippen molar-refractivity contribution in [1.82, 2.24) is 4.90 Å². The van der Waals surface area contributed by atoms with Gasteiger partial charge in [0.2, 0.25) is 0 Å². The van der Waals surface area contributed by atoms with E-state index in [-0.39, 0.29) is 17.0 Å². The summed E-state index contributed by atoms with van der Waals surface area (Å²) in [4.78, 5) is 6.14. The van der Waals surface area contributed by atoms with Crippen LogP contribution in [0, 0.1) is 0 Å². The van der Waals surface area contributed by atoms with E-state index in [1.807, 2.05) is 18.2 Å². The van der Waals surface area contributed by atoms with Gasteiger partial charge in [-0.3, -0.25) is 0 Å². The highest BCUT2D eigenvalue weighted by atomic mass is 79.9. The highest BCUT2D eigenvalue weighted by Crippen LogP contribution is 2.16. The Morgan fingerprint density at radius 2 is 2.12 bits per heavy atom. The number of benzene rings is 1. The van der Waals surface area contributed by atoms with E-state index in [1.54, 1.807) is 6.20 Å². The number of hydrogen-bond donors (Lipinski definition) is 1. The molecule has 0 amide bonds. The average Bonchev–Trinajstić information content (AvgIpc) is 2.30. The molecule has 0 unspecified atom stereocenters. The molecule has 0 spiro atoms. The molecule has 2 rings (SSSR count). The van der Waals surface area contributed by atoms with Gasteiger partial charge in [-0.1, -0.05) is 34.1 Å². The summed E-state index contributed by atoms with van der Waals surface area (Å²) < 4.78 is 1.15. The number of rotatable bonds is 3. The maximum atomic E-state index is 5.79. The third-order valence-corrected chi connectivity index (χ3v) is 3.34. The van der Waals surface area contributed by atoms with E-state index in [9.17, 15) is 0 Å². The van der Waals surface area contributed by atoms with Crippen LogP contribution >= 0.6 is 32.9 Å². The van der Waals surface area contributed by atoms with Gasteiger partial charge in [0.05, 0.1) is 0 Å². The Bertz CT molecular complexity index is 430. The topological polar surface area (TPSA) is 41.6 Å². The van der Waals surface area contributed by atoms with Gasteiger partial charge in [-0.05, 0) is 24.1 Å². The molecule has 17 heavy (non-hydrogen) atoms. The van der Waals surface area contributed by atoms with Gasteiger partial charge < -0.3 is 10.6 Å². The second-order valence-electron chi connectivity index (χ2n) is 3.66. The average molecular weight is 361 g/mol. The predicted octanol–water partition coefficient (Wildman–Crippen LogP) is 2.71. The van der Waals surface area contributed by atoms with Crippen LogP contribution in [-0.4, -0.2) is 23.9 Å². The Morgan fingerprint density at radius 3 is 2.82 bits per heavy atom. The van der Waals surface area contributed by atoms with Gasteiger partial charge in [0.15, 0.2) is 5.96 Å². The molecule has 0 fully saturated rings. The Balaban J connectivity index is 0.00000144. The molecule has 0 aromatic heterocycles. The minimum atomic E-state index is 0. The first kappa shape index (κ1) is 14.3. The minimum absolute atomic E-state index is 0. The number of guanidine groups is 1. The van der Waals surface area contributed by atoms with Crippen molar-refractivity contribution in [1.29, 1.82) is 0 Å². The minimum Gasteiger partial charge on any atom is -0.369 e. The van der Waals surface area contributed by atoms with Crippen molar-refractivity contribution in [2.45, 2.75) is 6.42 Å². The van der Waals surface area contributed by atoms with Crippen molar-refractivity contribution < 1.29 is 0 Å². The summed E-state index contributed by atoms with van der Waals surface area (Å²) >= 11 is 3.54. The second-order valence-corrected chi connectivity index (χ2v) is 4.51. The van der Waals surface area contributed by atoms with E-state index < -0.39 is 0 Å². The Kier molecular flexibility index (Phi) is 5.71. The van der Waals surface area contributed by atoms with E-state index >= 15 is 0 Å². The molecule has 1 aromatic carbocycles. The number of nitrogens with two attached hydrogens (primary N) is 1. The smallest absolute Gasteiger partial charge is 0.196 e. The van der Waals surface area contributed by atoms with Crippen molar-refractivity contribution in [3.8, 4) is 0 Å². The molecule has 0 saturated heterocycles. The third-order valence-electron chi connectivity index (χ3n) is 2.57. The van der Waals surface area contributed by atoms with Crippen LogP contribution in [0.15, 0.2) is 46.0 Å². The highest BCUT2D eigenvalue weighted by molar-refractivity contribution is 9.10. The highest BCUT2D eigenvalue weighted by Gasteiger charge is 2.09. The molecule has 1 aliphatic rings. The summed E-state index contributed by atoms with van der Waals surface area (Å²) in [7, 11) is 0. The van der Waals surface area contributed by atoms with Crippen molar-refractivity contribution in [3.63, 3.8) is 0 Å². The molecule has 1 aromatic rings. The standard InChI is InChI=1S/C12H14BrN3.BrH/c13-11-5-2-1-4-10(11)6-9-16-8-3-7-15-12(16)14;/h1-5,7H,6,8-9H2,(H2,14,15);1H. The fraction of sp³-hybridized carbons (Fsp3) is 0.250. The van der Waals surface area contributed by atoms with E-state index in [2.05, 4.69) is 38.0 Å². The normalized spacial score (nSPS) is 14.2. The lowest BCUT2D eigenvalue weighted by atomic mass is 10.1. The van der Waals surface area contributed by atoms with Crippen LogP contribution in [0.25, 0.3) is 0 Å². The molecular formula is C12H15Br2N3. The first-order valence-electron chi connectivity index (χ1n) is 5.24. The van der Waals surface area contributed by atoms with Crippen LogP contribution in [0.3, 0.4) is 0 Å². The fourth-order valence-corrected chi connectivity index (χ4v) is 2.12. The summed E-state index contributed by atoms with van der Waals surface area (Å²) in [5, 5.41) is 0. The summed E-state index contributed by atoms with van der Waals surface area (Å²) in [6, 6.07) is 8.25. The Hall–Kier alpha value is -0.810. The molecule has 92 valence electrons. The first-order valence-corrected chi connectivity index (χ1v) is 6.03. The van der Waals surface area contributed by atoms with Crippen LogP contribution in [0.1, 0.15) is 5.56 Å². The zero-order chi connectivity index (χ0) is 11.4. The van der Waals surface area contributed by atoms with Crippen molar-refractivity contribution in [3.05, 3.63) is 46.6 Å². The van der Waals surface area contributed by atoms with Gasteiger partial charge in [-0.15, -0.1) is 17.0 Å². The van der Waals surface area contributed by atoms with E-state index in [0.717, 1.165) is 24.0 Å². The lowest BCUT2D eigenvalue weighted by Crippen LogP contribution is -2.40. The molecule has 0 aliphatic carbocycles. The lowest BCUT2D eigenvalue weighted by molar-refractivity contribution is 0.455. The summed E-state index contributed by atoms with van der Waals surface area (Å²) in [6.45, 7) is 1.74. The Labute approximate surface area is 120 Å². The molecule has 3 nitrogen and oxygen atoms in total. The van der Waals surface area contributed by atoms with Crippen molar-refractivity contribution >= 4 is 38.9 Å². The van der Waals surface area contributed by atoms with Crippen LogP contribution in [0.5, 0.6) is 0 Å². The molecule has 1 aliphatic heterocycles. The number of halogens is 2. The van der Waals surface area contributed by atoms with Gasteiger partial charge >= 0.3 is 0 Å². The maximum Gasteiger partial charge on any atom is 0.196 e. The van der Waals surface area contributed by atoms with Gasteiger partial charge in [0, 0.05) is 23.8 Å². The van der Waals surface area contributed by atoms with E-state index in [0.29, 0.717) is 5.96 Å². The van der Waals surface area contributed by atoms with Gasteiger partial charge in [0.1, 0.15) is 0 Å². The zero-order valence-corrected chi connectivity index (χ0v) is 12.6. The molecule has 2 N–H and O–H groups in total. The van der Waals surface area contributed by atoms with Crippen LogP contribution in [0.2, 0.25) is 0 Å². The van der Waals surface area contributed by atoms with E-state index in [4.69, 9.17) is 5.73 Å². The largest absolute Gasteiger partial charge is 0.369 e. The maximum absolute atomic E-state index is 5.79. The predicted molar refractivity (Wildman–Crippen MR) is 80.5 cm³/mol. The molecular weight excluding hydrogens is 346 g/mol. The molecule has 5 heteroatoms. The Morgan fingerprint density at radius 1 is 1.35 bits per heavy atom. The van der Waals surface area contributed by atoms with E-state index in [1.165, 1.54) is 5.56 Å². The summed E-state index contributed by atoms with van der Waals surface area (Å²) in [5.74, 6) is 0.606. The third kappa shape index (κ3) is 3.85. The van der Waals surface area contributed by atoms with Gasteiger partial charge in [0.25, 0.3) is 0 Å². The molecule has 0 atom stereocenters. The lowest BCUT2D eigenvalue weighted by Gasteiger charge is -2.23. The number of nitrogens with zero attached hydrogens (tertiary/aromatic N) is 2.